The normalized spacial score (nSPS) is 10.5. The number of benzene rings is 1. The minimum absolute atomic E-state index is 0.150. The third-order valence-corrected chi connectivity index (χ3v) is 2.46. The van der Waals surface area contributed by atoms with E-state index in [1.54, 1.807) is 0 Å². The van der Waals surface area contributed by atoms with Crippen molar-refractivity contribution in [3.05, 3.63) is 17.6 Å². The van der Waals surface area contributed by atoms with E-state index in [0.717, 1.165) is 0 Å². The van der Waals surface area contributed by atoms with Crippen molar-refractivity contribution < 1.29 is 14.2 Å². The highest BCUT2D eigenvalue weighted by molar-refractivity contribution is 6.00. The third-order valence-electron chi connectivity index (χ3n) is 2.46. The van der Waals surface area contributed by atoms with E-state index in [0.29, 0.717) is 4.73 Å². The van der Waals surface area contributed by atoms with Crippen molar-refractivity contribution in [3.63, 3.8) is 0 Å². The number of fused-ring (bicyclic) bond motifs is 1. The van der Waals surface area contributed by atoms with Crippen LogP contribution in [0.2, 0.25) is 0 Å². The van der Waals surface area contributed by atoms with Gasteiger partial charge in [-0.2, -0.15) is 4.73 Å². The van der Waals surface area contributed by atoms with Crippen LogP contribution < -0.4 is 25.7 Å². The van der Waals surface area contributed by atoms with Crippen molar-refractivity contribution in [1.82, 2.24) is 4.98 Å². The molecule has 2 rings (SSSR count). The van der Waals surface area contributed by atoms with Crippen LogP contribution in [0.1, 0.15) is 0 Å². The predicted octanol–water partition coefficient (Wildman–Crippen LogP) is 0.0498. The molecule has 0 aliphatic rings. The Morgan fingerprint density at radius 1 is 1.18 bits per heavy atom. The van der Waals surface area contributed by atoms with Gasteiger partial charge in [-0.1, -0.05) is 0 Å². The van der Waals surface area contributed by atoms with E-state index in [1.165, 1.54) is 26.6 Å². The Hall–Kier alpha value is -2.44. The van der Waals surface area contributed by atoms with Gasteiger partial charge >= 0.3 is 0 Å². The predicted molar refractivity (Wildman–Crippen MR) is 62.6 cm³/mol. The van der Waals surface area contributed by atoms with Gasteiger partial charge in [0, 0.05) is 0 Å². The Morgan fingerprint density at radius 3 is 2.35 bits per heavy atom. The quantitative estimate of drug-likeness (QED) is 0.433. The van der Waals surface area contributed by atoms with Crippen LogP contribution in [0.15, 0.2) is 12.4 Å². The lowest BCUT2D eigenvalue weighted by Crippen LogP contribution is -2.28. The first-order valence-corrected chi connectivity index (χ1v) is 4.78. The molecular formula is C10H12N4O3. The van der Waals surface area contributed by atoms with Crippen LogP contribution in [0.5, 0.6) is 11.5 Å². The van der Waals surface area contributed by atoms with E-state index in [1.807, 2.05) is 0 Å². The third kappa shape index (κ3) is 1.43. The summed E-state index contributed by atoms with van der Waals surface area (Å²) in [4.78, 5) is 4.03. The van der Waals surface area contributed by atoms with Gasteiger partial charge in [0.25, 0.3) is 5.52 Å². The minimum atomic E-state index is 0.150. The first-order chi connectivity index (χ1) is 8.11. The van der Waals surface area contributed by atoms with Crippen LogP contribution in [0.3, 0.4) is 0 Å². The number of hydrogen-bond donors (Lipinski definition) is 2. The molecule has 1 heterocycles. The number of aromatic nitrogens is 2. The highest BCUT2D eigenvalue weighted by Crippen LogP contribution is 2.43. The van der Waals surface area contributed by atoms with Gasteiger partial charge in [-0.3, -0.25) is 0 Å². The average molecular weight is 236 g/mol. The van der Waals surface area contributed by atoms with E-state index < -0.39 is 0 Å². The molecular weight excluding hydrogens is 224 g/mol. The van der Waals surface area contributed by atoms with E-state index in [9.17, 15) is 5.21 Å². The molecule has 17 heavy (non-hydrogen) atoms. The van der Waals surface area contributed by atoms with Crippen LogP contribution >= 0.6 is 0 Å². The molecule has 7 heteroatoms. The minimum Gasteiger partial charge on any atom is -0.618 e. The molecule has 0 saturated heterocycles. The summed E-state index contributed by atoms with van der Waals surface area (Å²) in [6, 6.07) is 0. The smallest absolute Gasteiger partial charge is 0.271 e. The molecule has 0 aliphatic heterocycles. The summed E-state index contributed by atoms with van der Waals surface area (Å²) in [7, 11) is 2.86. The number of nitrogen functional groups attached to an aromatic ring is 2. The molecule has 7 nitrogen and oxygen atoms in total. The second-order valence-electron chi connectivity index (χ2n) is 3.34. The summed E-state index contributed by atoms with van der Waals surface area (Å²) >= 11 is 0. The van der Waals surface area contributed by atoms with Crippen molar-refractivity contribution in [2.24, 2.45) is 0 Å². The fourth-order valence-corrected chi connectivity index (χ4v) is 1.72. The molecule has 4 N–H and O–H groups in total. The number of nitrogens with zero attached hydrogens (tertiary/aromatic N) is 2. The van der Waals surface area contributed by atoms with Gasteiger partial charge in [0.2, 0.25) is 0 Å². The zero-order chi connectivity index (χ0) is 12.6. The number of hydrogen-bond acceptors (Lipinski definition) is 6. The molecule has 2 aromatic rings. The average Bonchev–Trinajstić information content (AvgIpc) is 2.33. The van der Waals surface area contributed by atoms with Crippen LogP contribution in [0, 0.1) is 5.21 Å². The number of rotatable bonds is 2. The Kier molecular flexibility index (Phi) is 2.51. The monoisotopic (exact) mass is 236 g/mol. The lowest BCUT2D eigenvalue weighted by atomic mass is 10.2. The fraction of sp³-hybridized carbons (Fsp3) is 0.200. The molecule has 0 atom stereocenters. The number of nitrogens with two attached hydrogens (primary N) is 2. The van der Waals surface area contributed by atoms with E-state index >= 15 is 0 Å². The summed E-state index contributed by atoms with van der Waals surface area (Å²) in [5, 5.41) is 11.7. The van der Waals surface area contributed by atoms with Crippen molar-refractivity contribution >= 4 is 22.4 Å². The van der Waals surface area contributed by atoms with Gasteiger partial charge in [-0.25, -0.2) is 4.98 Å². The molecule has 0 amide bonds. The number of ether oxygens (including phenoxy) is 2. The van der Waals surface area contributed by atoms with Gasteiger partial charge in [0.15, 0.2) is 28.9 Å². The summed E-state index contributed by atoms with van der Waals surface area (Å²) in [5.41, 5.74) is 12.6. The molecule has 90 valence electrons. The van der Waals surface area contributed by atoms with E-state index in [2.05, 4.69) is 4.98 Å². The fourth-order valence-electron chi connectivity index (χ4n) is 1.72. The maximum Gasteiger partial charge on any atom is 0.271 e. The van der Waals surface area contributed by atoms with E-state index in [4.69, 9.17) is 20.9 Å². The maximum atomic E-state index is 11.7. The molecule has 1 aromatic carbocycles. The van der Waals surface area contributed by atoms with Gasteiger partial charge in [-0.05, 0) is 0 Å². The first-order valence-electron chi connectivity index (χ1n) is 4.78. The lowest BCUT2D eigenvalue weighted by Gasteiger charge is -2.14. The van der Waals surface area contributed by atoms with Crippen molar-refractivity contribution in [2.45, 2.75) is 0 Å². The van der Waals surface area contributed by atoms with Gasteiger partial charge < -0.3 is 26.1 Å². The van der Waals surface area contributed by atoms with E-state index in [-0.39, 0.29) is 33.9 Å². The molecule has 0 spiro atoms. The largest absolute Gasteiger partial charge is 0.618 e. The highest BCUT2D eigenvalue weighted by Gasteiger charge is 2.23. The van der Waals surface area contributed by atoms with Crippen molar-refractivity contribution in [3.8, 4) is 11.5 Å². The summed E-state index contributed by atoms with van der Waals surface area (Å²) in [6.45, 7) is 0. The van der Waals surface area contributed by atoms with Crippen molar-refractivity contribution in [1.29, 1.82) is 0 Å². The Morgan fingerprint density at radius 2 is 1.76 bits per heavy atom. The molecule has 0 aliphatic carbocycles. The SMILES string of the molecule is COc1c(OC)c(N)c2c(ncc[n+]2[O-])c1N. The molecule has 0 bridgehead atoms. The van der Waals surface area contributed by atoms with Gasteiger partial charge in [-0.15, -0.1) is 0 Å². The Bertz CT molecular complexity index is 586. The Labute approximate surface area is 97.1 Å². The van der Waals surface area contributed by atoms with Crippen LogP contribution in [0.25, 0.3) is 11.0 Å². The topological polar surface area (TPSA) is 110 Å². The summed E-state index contributed by atoms with van der Waals surface area (Å²) in [5.74, 6) is 0.506. The second kappa shape index (κ2) is 3.85. The molecule has 0 saturated carbocycles. The summed E-state index contributed by atoms with van der Waals surface area (Å²) < 4.78 is 10.8. The molecule has 0 fully saturated rings. The standard InChI is InChI=1S/C10H12N4O3/c1-16-9-5(11)7-8(6(12)10(9)17-2)14(15)4-3-13-7/h3-4H,11-12H2,1-2H3. The summed E-state index contributed by atoms with van der Waals surface area (Å²) in [6.07, 6.45) is 2.58. The zero-order valence-corrected chi connectivity index (χ0v) is 9.43. The second-order valence-corrected chi connectivity index (χ2v) is 3.34. The molecule has 0 radical (unpaired) electrons. The number of anilines is 2. The van der Waals surface area contributed by atoms with Gasteiger partial charge in [0.1, 0.15) is 5.69 Å². The van der Waals surface area contributed by atoms with Crippen LogP contribution in [-0.2, 0) is 0 Å². The van der Waals surface area contributed by atoms with Crippen molar-refractivity contribution in [2.75, 3.05) is 25.7 Å². The molecule has 1 aromatic heterocycles. The number of methoxy groups -OCH3 is 2. The highest BCUT2D eigenvalue weighted by atomic mass is 16.5. The van der Waals surface area contributed by atoms with Crippen LogP contribution in [0.4, 0.5) is 11.4 Å². The maximum absolute atomic E-state index is 11.7. The van der Waals surface area contributed by atoms with Gasteiger partial charge in [0.05, 0.1) is 20.4 Å². The first kappa shape index (κ1) is 11.1. The molecule has 0 unspecified atom stereocenters. The Balaban J connectivity index is 2.99. The zero-order valence-electron chi connectivity index (χ0n) is 9.43. The lowest BCUT2D eigenvalue weighted by molar-refractivity contribution is -0.576. The van der Waals surface area contributed by atoms with Crippen LogP contribution in [-0.4, -0.2) is 19.2 Å².